The molecule has 1 fully saturated rings. The van der Waals surface area contributed by atoms with Crippen molar-refractivity contribution in [1.82, 2.24) is 4.31 Å². The number of nitrogens with zero attached hydrogens (tertiary/aromatic N) is 1. The fourth-order valence-electron chi connectivity index (χ4n) is 5.37. The van der Waals surface area contributed by atoms with Gasteiger partial charge in [-0.1, -0.05) is 38.1 Å². The van der Waals surface area contributed by atoms with Gasteiger partial charge in [-0.2, -0.15) is 4.31 Å². The quantitative estimate of drug-likeness (QED) is 0.212. The van der Waals surface area contributed by atoms with E-state index in [9.17, 15) is 18.0 Å². The Bertz CT molecular complexity index is 1720. The van der Waals surface area contributed by atoms with Gasteiger partial charge in [0.25, 0.3) is 0 Å². The van der Waals surface area contributed by atoms with Gasteiger partial charge in [0.1, 0.15) is 11.3 Å². The van der Waals surface area contributed by atoms with Crippen molar-refractivity contribution in [2.75, 3.05) is 32.1 Å². The lowest BCUT2D eigenvalue weighted by molar-refractivity contribution is 0.0997. The molecule has 2 unspecified atom stereocenters. The van der Waals surface area contributed by atoms with Crippen LogP contribution in [0.5, 0.6) is 5.75 Å². The van der Waals surface area contributed by atoms with Gasteiger partial charge in [-0.15, -0.1) is 0 Å². The molecule has 8 nitrogen and oxygen atoms in total. The van der Waals surface area contributed by atoms with E-state index in [-0.39, 0.29) is 46.2 Å². The Morgan fingerprint density at radius 2 is 1.73 bits per heavy atom. The number of fused-ring (bicyclic) bond motifs is 1. The van der Waals surface area contributed by atoms with Gasteiger partial charge in [-0.3, -0.25) is 9.59 Å². The Balaban J connectivity index is 1.40. The molecule has 1 aromatic heterocycles. The molecule has 5 rings (SSSR count). The van der Waals surface area contributed by atoms with Crippen LogP contribution in [0.4, 0.5) is 5.69 Å². The SMILES string of the molecule is COc1ccc(C(=O)c2oc3ccccc3c2NCC(=O)c2cccc(S(=O)(=O)N3CC(C)CC(C)C3)c2)cc1Br. The summed E-state index contributed by atoms with van der Waals surface area (Å²) in [5.41, 5.74) is 1.53. The lowest BCUT2D eigenvalue weighted by Crippen LogP contribution is -2.42. The highest BCUT2D eigenvalue weighted by molar-refractivity contribution is 9.10. The fraction of sp³-hybridized carbons (Fsp3) is 0.290. The zero-order chi connectivity index (χ0) is 29.3. The number of anilines is 1. The molecule has 0 amide bonds. The number of ketones is 2. The van der Waals surface area contributed by atoms with Crippen LogP contribution in [0.25, 0.3) is 11.0 Å². The van der Waals surface area contributed by atoms with E-state index < -0.39 is 10.0 Å². The van der Waals surface area contributed by atoms with Crippen molar-refractivity contribution in [3.8, 4) is 5.75 Å². The number of hydrogen-bond acceptors (Lipinski definition) is 7. The topological polar surface area (TPSA) is 106 Å². The highest BCUT2D eigenvalue weighted by Gasteiger charge is 2.32. The zero-order valence-electron chi connectivity index (χ0n) is 23.0. The third-order valence-corrected chi connectivity index (χ3v) is 9.72. The van der Waals surface area contributed by atoms with Crippen molar-refractivity contribution in [3.63, 3.8) is 0 Å². The van der Waals surface area contributed by atoms with Crippen molar-refractivity contribution < 1.29 is 27.2 Å². The standard InChI is InChI=1S/C31H31BrN2O6S/c1-19-13-20(2)18-34(17-19)41(37,38)23-8-6-7-21(14-23)26(35)16-33-29-24-9-4-5-10-27(24)40-31(29)30(36)22-11-12-28(39-3)25(32)15-22/h4-12,14-15,19-20,33H,13,16-18H2,1-3H3. The molecule has 3 aromatic carbocycles. The summed E-state index contributed by atoms with van der Waals surface area (Å²) < 4.78 is 40.1. The van der Waals surface area contributed by atoms with Crippen LogP contribution in [0.2, 0.25) is 0 Å². The van der Waals surface area contributed by atoms with Gasteiger partial charge in [-0.25, -0.2) is 8.42 Å². The zero-order valence-corrected chi connectivity index (χ0v) is 25.4. The monoisotopic (exact) mass is 638 g/mol. The van der Waals surface area contributed by atoms with E-state index in [0.717, 1.165) is 6.42 Å². The molecule has 0 aliphatic carbocycles. The second-order valence-corrected chi connectivity index (χ2v) is 13.3. The number of carbonyl (C=O) groups is 2. The maximum atomic E-state index is 13.5. The third-order valence-electron chi connectivity index (χ3n) is 7.27. The first-order valence-corrected chi connectivity index (χ1v) is 15.6. The Kier molecular flexibility index (Phi) is 8.35. The van der Waals surface area contributed by atoms with Crippen molar-refractivity contribution in [2.45, 2.75) is 25.2 Å². The van der Waals surface area contributed by atoms with Gasteiger partial charge in [0, 0.05) is 29.6 Å². The molecule has 0 radical (unpaired) electrons. The van der Waals surface area contributed by atoms with Gasteiger partial charge in [0.15, 0.2) is 11.5 Å². The first-order chi connectivity index (χ1) is 19.6. The summed E-state index contributed by atoms with van der Waals surface area (Å²) in [6, 6.07) is 18.3. The normalized spacial score (nSPS) is 17.9. The lowest BCUT2D eigenvalue weighted by atomic mass is 9.94. The molecular weight excluding hydrogens is 608 g/mol. The smallest absolute Gasteiger partial charge is 0.243 e. The Morgan fingerprint density at radius 3 is 2.44 bits per heavy atom. The molecule has 4 aromatic rings. The van der Waals surface area contributed by atoms with Gasteiger partial charge in [-0.05, 0) is 76.7 Å². The predicted molar refractivity (Wildman–Crippen MR) is 161 cm³/mol. The number of Topliss-reactive ketones (excluding diaryl/α,β-unsaturated/α-hetero) is 1. The molecule has 41 heavy (non-hydrogen) atoms. The van der Waals surface area contributed by atoms with E-state index in [1.165, 1.54) is 16.4 Å². The number of carbonyl (C=O) groups excluding carboxylic acids is 2. The lowest BCUT2D eigenvalue weighted by Gasteiger charge is -2.34. The number of para-hydroxylation sites is 1. The average molecular weight is 640 g/mol. The minimum Gasteiger partial charge on any atom is -0.496 e. The molecule has 1 aliphatic rings. The number of sulfonamides is 1. The molecule has 214 valence electrons. The first kappa shape index (κ1) is 29.0. The Hall–Kier alpha value is -3.47. The largest absolute Gasteiger partial charge is 0.496 e. The van der Waals surface area contributed by atoms with Crippen LogP contribution < -0.4 is 10.1 Å². The fourth-order valence-corrected chi connectivity index (χ4v) is 7.64. The number of benzene rings is 3. The second kappa shape index (κ2) is 11.8. The molecule has 10 heteroatoms. The molecular formula is C31H31BrN2O6S. The predicted octanol–water partition coefficient (Wildman–Crippen LogP) is 6.40. The Labute approximate surface area is 247 Å². The van der Waals surface area contributed by atoms with Crippen LogP contribution in [-0.2, 0) is 10.0 Å². The third kappa shape index (κ3) is 5.95. The number of furan rings is 1. The van der Waals surface area contributed by atoms with Crippen molar-refractivity contribution in [1.29, 1.82) is 0 Å². The number of rotatable bonds is 9. The van der Waals surface area contributed by atoms with Crippen LogP contribution in [0.15, 0.2) is 80.5 Å². The van der Waals surface area contributed by atoms with Crippen LogP contribution in [0.3, 0.4) is 0 Å². The number of hydrogen-bond donors (Lipinski definition) is 1. The summed E-state index contributed by atoms with van der Waals surface area (Å²) in [6.45, 7) is 4.85. The van der Waals surface area contributed by atoms with Crippen LogP contribution in [-0.4, -0.2) is 51.0 Å². The minimum atomic E-state index is -3.74. The van der Waals surface area contributed by atoms with E-state index in [1.807, 2.05) is 6.07 Å². The van der Waals surface area contributed by atoms with Crippen LogP contribution in [0.1, 0.15) is 46.7 Å². The maximum absolute atomic E-state index is 13.5. The molecule has 0 saturated carbocycles. The van der Waals surface area contributed by atoms with Crippen molar-refractivity contribution >= 4 is 54.2 Å². The summed E-state index contributed by atoms with van der Waals surface area (Å²) in [5.74, 6) is 0.506. The minimum absolute atomic E-state index is 0.0701. The van der Waals surface area contributed by atoms with Gasteiger partial charge in [0.2, 0.25) is 15.8 Å². The highest BCUT2D eigenvalue weighted by Crippen LogP contribution is 2.34. The first-order valence-electron chi connectivity index (χ1n) is 13.4. The maximum Gasteiger partial charge on any atom is 0.243 e. The van der Waals surface area contributed by atoms with E-state index in [0.29, 0.717) is 45.5 Å². The summed E-state index contributed by atoms with van der Waals surface area (Å²) in [7, 11) is -2.20. The second-order valence-electron chi connectivity index (χ2n) is 10.6. The van der Waals surface area contributed by atoms with E-state index in [4.69, 9.17) is 9.15 Å². The van der Waals surface area contributed by atoms with Crippen LogP contribution in [0, 0.1) is 11.8 Å². The molecule has 2 atom stereocenters. The van der Waals surface area contributed by atoms with Crippen LogP contribution >= 0.6 is 15.9 Å². The number of halogens is 1. The van der Waals surface area contributed by atoms with E-state index in [2.05, 4.69) is 35.1 Å². The summed E-state index contributed by atoms with van der Waals surface area (Å²) in [5, 5.41) is 3.75. The average Bonchev–Trinajstić information content (AvgIpc) is 3.33. The van der Waals surface area contributed by atoms with Crippen molar-refractivity contribution in [2.24, 2.45) is 11.8 Å². The van der Waals surface area contributed by atoms with E-state index in [1.54, 1.807) is 55.6 Å². The number of piperidine rings is 1. The molecule has 0 spiro atoms. The molecule has 0 bridgehead atoms. The summed E-state index contributed by atoms with van der Waals surface area (Å²) in [6.07, 6.45) is 0.985. The molecule has 2 heterocycles. The molecule has 1 aliphatic heterocycles. The number of ether oxygens (including phenoxy) is 1. The van der Waals surface area contributed by atoms with E-state index >= 15 is 0 Å². The van der Waals surface area contributed by atoms with Gasteiger partial charge < -0.3 is 14.5 Å². The number of methoxy groups -OCH3 is 1. The molecule has 1 N–H and O–H groups in total. The van der Waals surface area contributed by atoms with Gasteiger partial charge in [0.05, 0.1) is 28.7 Å². The van der Waals surface area contributed by atoms with Gasteiger partial charge >= 0.3 is 0 Å². The highest BCUT2D eigenvalue weighted by atomic mass is 79.9. The molecule has 1 saturated heterocycles. The van der Waals surface area contributed by atoms with Crippen molar-refractivity contribution in [3.05, 3.63) is 88.1 Å². The Morgan fingerprint density at radius 1 is 1.00 bits per heavy atom. The summed E-state index contributed by atoms with van der Waals surface area (Å²) in [4.78, 5) is 26.9. The number of nitrogens with one attached hydrogen (secondary N) is 1. The summed E-state index contributed by atoms with van der Waals surface area (Å²) >= 11 is 3.41.